The van der Waals surface area contributed by atoms with Gasteiger partial charge in [0.1, 0.15) is 11.5 Å². The van der Waals surface area contributed by atoms with Gasteiger partial charge in [-0.1, -0.05) is 61.8 Å². The van der Waals surface area contributed by atoms with Crippen molar-refractivity contribution in [2.24, 2.45) is 11.8 Å². The molecule has 7 heteroatoms. The molecule has 45 heavy (non-hydrogen) atoms. The molecule has 2 aromatic heterocycles. The van der Waals surface area contributed by atoms with Crippen molar-refractivity contribution in [3.63, 3.8) is 0 Å². The van der Waals surface area contributed by atoms with Crippen LogP contribution in [-0.4, -0.2) is 72.3 Å². The zero-order chi connectivity index (χ0) is 33.4. The van der Waals surface area contributed by atoms with Gasteiger partial charge < -0.3 is 19.3 Å². The fourth-order valence-corrected chi connectivity index (χ4v) is 5.64. The molecule has 1 saturated heterocycles. The number of rotatable bonds is 14. The highest BCUT2D eigenvalue weighted by atomic mass is 16.5. The Bertz CT molecular complexity index is 1240. The highest BCUT2D eigenvalue weighted by Gasteiger charge is 2.21. The van der Waals surface area contributed by atoms with Crippen LogP contribution in [0.25, 0.3) is 16.8 Å². The van der Waals surface area contributed by atoms with E-state index in [1.165, 1.54) is 37.9 Å². The van der Waals surface area contributed by atoms with Crippen molar-refractivity contribution < 1.29 is 14.3 Å². The Hall–Kier alpha value is -3.06. The maximum atomic E-state index is 13.8. The minimum atomic E-state index is 0.110. The number of hydrogen-bond donors (Lipinski definition) is 0. The van der Waals surface area contributed by atoms with Gasteiger partial charge >= 0.3 is 0 Å². The van der Waals surface area contributed by atoms with Crippen LogP contribution in [-0.2, 0) is 6.42 Å². The maximum Gasteiger partial charge on any atom is 0.253 e. The van der Waals surface area contributed by atoms with E-state index in [9.17, 15) is 4.79 Å². The molecule has 7 nitrogen and oxygen atoms in total. The monoisotopic (exact) mass is 622 g/mol. The number of aromatic nitrogens is 2. The summed E-state index contributed by atoms with van der Waals surface area (Å²) >= 11 is 0. The number of likely N-dealkylation sites (tertiary alicyclic amines) is 1. The van der Waals surface area contributed by atoms with E-state index in [1.807, 2.05) is 67.6 Å². The van der Waals surface area contributed by atoms with Crippen molar-refractivity contribution in [1.82, 2.24) is 19.4 Å². The van der Waals surface area contributed by atoms with Crippen LogP contribution in [0.2, 0.25) is 0 Å². The standard InChI is InChI=1S/C34H50N4O3.2C2H6/c1-25(2)12-18-37(19-13-26(3)4)34(39)27-14-20-38-32(23-27)31(11-10-17-36-15-8-7-9-16-36)33(35-38)28-21-29(40-5)24-30(22-28)41-6;2*1-2/h14,20-26H,7-13,15-19H2,1-6H3;2*1-2H3. The Labute approximate surface area is 274 Å². The maximum absolute atomic E-state index is 13.8. The zero-order valence-corrected chi connectivity index (χ0v) is 30.1. The van der Waals surface area contributed by atoms with Crippen molar-refractivity contribution in [2.45, 2.75) is 100 Å². The number of hydrogen-bond acceptors (Lipinski definition) is 5. The Morgan fingerprint density at radius 2 is 1.44 bits per heavy atom. The van der Waals surface area contributed by atoms with Gasteiger partial charge in [-0.2, -0.15) is 5.10 Å². The second-order valence-electron chi connectivity index (χ2n) is 12.3. The predicted octanol–water partition coefficient (Wildman–Crippen LogP) is 9.02. The second kappa shape index (κ2) is 20.1. The number of carbonyl (C=O) groups is 1. The number of amides is 1. The summed E-state index contributed by atoms with van der Waals surface area (Å²) in [4.78, 5) is 18.5. The van der Waals surface area contributed by atoms with Crippen LogP contribution >= 0.6 is 0 Å². The number of fused-ring (bicyclic) bond motifs is 1. The first-order valence-electron chi connectivity index (χ1n) is 17.5. The van der Waals surface area contributed by atoms with Crippen LogP contribution in [0.15, 0.2) is 36.5 Å². The van der Waals surface area contributed by atoms with E-state index >= 15 is 0 Å². The number of pyridine rings is 1. The first-order valence-corrected chi connectivity index (χ1v) is 17.5. The number of ether oxygens (including phenoxy) is 2. The second-order valence-corrected chi connectivity index (χ2v) is 12.3. The summed E-state index contributed by atoms with van der Waals surface area (Å²) in [5.74, 6) is 2.68. The Kier molecular flexibility index (Phi) is 17.1. The van der Waals surface area contributed by atoms with Crippen LogP contribution in [0, 0.1) is 11.8 Å². The number of aryl methyl sites for hydroxylation is 1. The molecule has 0 spiro atoms. The van der Waals surface area contributed by atoms with Crippen LogP contribution in [0.3, 0.4) is 0 Å². The van der Waals surface area contributed by atoms with Gasteiger partial charge in [-0.05, 0) is 94.3 Å². The topological polar surface area (TPSA) is 59.3 Å². The molecule has 1 aliphatic heterocycles. The van der Waals surface area contributed by atoms with E-state index in [2.05, 4.69) is 38.7 Å². The molecule has 0 radical (unpaired) electrons. The first kappa shape index (κ1) is 38.1. The molecular weight excluding hydrogens is 560 g/mol. The number of methoxy groups -OCH3 is 2. The van der Waals surface area contributed by atoms with Gasteiger partial charge in [0.05, 0.1) is 25.4 Å². The molecule has 4 rings (SSSR count). The normalized spacial score (nSPS) is 13.2. The molecule has 0 bridgehead atoms. The molecule has 0 atom stereocenters. The van der Waals surface area contributed by atoms with Gasteiger partial charge in [0.2, 0.25) is 0 Å². The van der Waals surface area contributed by atoms with Crippen molar-refractivity contribution >= 4 is 11.4 Å². The number of nitrogens with zero attached hydrogens (tertiary/aromatic N) is 4. The lowest BCUT2D eigenvalue weighted by molar-refractivity contribution is 0.0741. The first-order chi connectivity index (χ1) is 21.8. The Morgan fingerprint density at radius 3 is 1.98 bits per heavy atom. The largest absolute Gasteiger partial charge is 0.497 e. The fraction of sp³-hybridized carbons (Fsp3) is 0.632. The van der Waals surface area contributed by atoms with E-state index in [4.69, 9.17) is 14.6 Å². The molecule has 0 aliphatic carbocycles. The van der Waals surface area contributed by atoms with Crippen molar-refractivity contribution in [3.8, 4) is 22.8 Å². The van der Waals surface area contributed by atoms with E-state index in [1.54, 1.807) is 14.2 Å². The van der Waals surface area contributed by atoms with Crippen molar-refractivity contribution in [3.05, 3.63) is 47.7 Å². The Morgan fingerprint density at radius 1 is 0.867 bits per heavy atom. The molecule has 0 saturated carbocycles. The van der Waals surface area contributed by atoms with E-state index in [0.29, 0.717) is 11.8 Å². The fourth-order valence-electron chi connectivity index (χ4n) is 5.64. The van der Waals surface area contributed by atoms with Crippen LogP contribution < -0.4 is 9.47 Å². The molecule has 0 N–H and O–H groups in total. The highest BCUT2D eigenvalue weighted by molar-refractivity contribution is 5.95. The van der Waals surface area contributed by atoms with Crippen molar-refractivity contribution in [1.29, 1.82) is 0 Å². The molecule has 1 amide bonds. The molecule has 1 fully saturated rings. The lowest BCUT2D eigenvalue weighted by atomic mass is 10.0. The third kappa shape index (κ3) is 11.4. The van der Waals surface area contributed by atoms with E-state index < -0.39 is 0 Å². The minimum Gasteiger partial charge on any atom is -0.497 e. The summed E-state index contributed by atoms with van der Waals surface area (Å²) in [6, 6.07) is 9.90. The molecule has 3 heterocycles. The minimum absolute atomic E-state index is 0.110. The van der Waals surface area contributed by atoms with E-state index in [-0.39, 0.29) is 5.91 Å². The van der Waals surface area contributed by atoms with E-state index in [0.717, 1.165) is 79.2 Å². The zero-order valence-electron chi connectivity index (χ0n) is 30.1. The lowest BCUT2D eigenvalue weighted by Gasteiger charge is -2.26. The van der Waals surface area contributed by atoms with Crippen molar-refractivity contribution in [2.75, 3.05) is 46.9 Å². The van der Waals surface area contributed by atoms with Gasteiger partial charge in [-0.25, -0.2) is 4.52 Å². The molecular formula is C38H62N4O3. The van der Waals surface area contributed by atoms with Crippen LogP contribution in [0.4, 0.5) is 0 Å². The smallest absolute Gasteiger partial charge is 0.253 e. The highest BCUT2D eigenvalue weighted by Crippen LogP contribution is 2.34. The van der Waals surface area contributed by atoms with Crippen LogP contribution in [0.5, 0.6) is 11.5 Å². The number of piperidine rings is 1. The summed E-state index contributed by atoms with van der Waals surface area (Å²) in [6.45, 7) is 21.9. The van der Waals surface area contributed by atoms with Gasteiger partial charge in [-0.3, -0.25) is 4.79 Å². The lowest BCUT2D eigenvalue weighted by Crippen LogP contribution is -2.34. The van der Waals surface area contributed by atoms with Crippen LogP contribution in [0.1, 0.15) is 110 Å². The van der Waals surface area contributed by atoms with Gasteiger partial charge in [-0.15, -0.1) is 0 Å². The summed E-state index contributed by atoms with van der Waals surface area (Å²) < 4.78 is 13.1. The molecule has 0 unspecified atom stereocenters. The third-order valence-electron chi connectivity index (χ3n) is 8.20. The third-order valence-corrected chi connectivity index (χ3v) is 8.20. The molecule has 1 aliphatic rings. The molecule has 3 aromatic rings. The molecule has 252 valence electrons. The molecule has 1 aromatic carbocycles. The quantitative estimate of drug-likeness (QED) is 0.180. The summed E-state index contributed by atoms with van der Waals surface area (Å²) in [7, 11) is 3.34. The average molecular weight is 623 g/mol. The van der Waals surface area contributed by atoms with Gasteiger partial charge in [0.15, 0.2) is 0 Å². The summed E-state index contributed by atoms with van der Waals surface area (Å²) in [5, 5.41) is 5.03. The summed E-state index contributed by atoms with van der Waals surface area (Å²) in [5.41, 5.74) is 4.78. The SMILES string of the molecule is CC.CC.COc1cc(OC)cc(-c2nn3ccc(C(=O)N(CCC(C)C)CCC(C)C)cc3c2CCCN2CCCCC2)c1. The van der Waals surface area contributed by atoms with Gasteiger partial charge in [0, 0.05) is 42.0 Å². The number of benzene rings is 1. The number of carbonyl (C=O) groups excluding carboxylic acids is 1. The Balaban J connectivity index is 0.00000169. The summed E-state index contributed by atoms with van der Waals surface area (Å²) in [6.07, 6.45) is 9.81. The van der Waals surface area contributed by atoms with Gasteiger partial charge in [0.25, 0.3) is 5.91 Å². The predicted molar refractivity (Wildman–Crippen MR) is 190 cm³/mol. The average Bonchev–Trinajstić information content (AvgIpc) is 3.44.